The molecule has 12 heavy (non-hydrogen) atoms. The Morgan fingerprint density at radius 1 is 1.50 bits per heavy atom. The van der Waals surface area contributed by atoms with Crippen LogP contribution in [0.4, 0.5) is 0 Å². The van der Waals surface area contributed by atoms with Crippen molar-refractivity contribution < 1.29 is 14.6 Å². The summed E-state index contributed by atoms with van der Waals surface area (Å²) in [6, 6.07) is 3.07. The van der Waals surface area contributed by atoms with Crippen LogP contribution < -0.4 is 4.74 Å². The van der Waals surface area contributed by atoms with Gasteiger partial charge < -0.3 is 9.84 Å². The molecule has 1 aliphatic rings. The summed E-state index contributed by atoms with van der Waals surface area (Å²) in [6.07, 6.45) is 0. The van der Waals surface area contributed by atoms with Gasteiger partial charge in [0.05, 0.1) is 10.0 Å². The van der Waals surface area contributed by atoms with E-state index in [0.29, 0.717) is 15.8 Å². The molecule has 0 aliphatic carbocycles. The van der Waals surface area contributed by atoms with Crippen LogP contribution in [0.15, 0.2) is 16.6 Å². The Bertz CT molecular complexity index is 360. The molecule has 2 rings (SSSR count). The average Bonchev–Trinajstić information content (AvgIpc) is 2.41. The molecule has 1 heterocycles. The minimum absolute atomic E-state index is 0.0626. The maximum absolute atomic E-state index is 11.2. The quantitative estimate of drug-likeness (QED) is 0.736. The molecule has 4 heteroatoms. The van der Waals surface area contributed by atoms with Gasteiger partial charge in [0.2, 0.25) is 5.78 Å². The van der Waals surface area contributed by atoms with E-state index in [9.17, 15) is 9.90 Å². The summed E-state index contributed by atoms with van der Waals surface area (Å²) in [5.41, 5.74) is 0.440. The van der Waals surface area contributed by atoms with Crippen LogP contribution in [-0.2, 0) is 0 Å². The standard InChI is InChI=1S/C8H5BrO3/c9-8-4(10)1-2-6-7(8)5(11)3-12-6/h1-2,10H,3H2. The molecular formula is C8H5BrO3. The number of ketones is 1. The number of Topliss-reactive ketones (excluding diaryl/α,β-unsaturated/α-hetero) is 1. The number of phenols is 1. The second kappa shape index (κ2) is 2.48. The summed E-state index contributed by atoms with van der Waals surface area (Å²) >= 11 is 3.12. The smallest absolute Gasteiger partial charge is 0.205 e. The Labute approximate surface area is 77.1 Å². The van der Waals surface area contributed by atoms with Crippen LogP contribution in [-0.4, -0.2) is 17.5 Å². The molecule has 0 saturated carbocycles. The van der Waals surface area contributed by atoms with Gasteiger partial charge in [-0.3, -0.25) is 4.79 Å². The van der Waals surface area contributed by atoms with Gasteiger partial charge in [0, 0.05) is 0 Å². The number of ether oxygens (including phenoxy) is 1. The van der Waals surface area contributed by atoms with E-state index < -0.39 is 0 Å². The third kappa shape index (κ3) is 0.914. The average molecular weight is 229 g/mol. The summed E-state index contributed by atoms with van der Waals surface area (Å²) in [5.74, 6) is 0.491. The summed E-state index contributed by atoms with van der Waals surface area (Å²) in [4.78, 5) is 11.2. The molecule has 0 bridgehead atoms. The number of hydrogen-bond donors (Lipinski definition) is 1. The van der Waals surface area contributed by atoms with Crippen LogP contribution in [0.5, 0.6) is 11.5 Å². The Morgan fingerprint density at radius 2 is 2.25 bits per heavy atom. The normalized spacial score (nSPS) is 14.2. The number of fused-ring (bicyclic) bond motifs is 1. The van der Waals surface area contributed by atoms with Crippen LogP contribution >= 0.6 is 15.9 Å². The topological polar surface area (TPSA) is 46.5 Å². The number of aromatic hydroxyl groups is 1. The highest BCUT2D eigenvalue weighted by Crippen LogP contribution is 2.37. The molecular weight excluding hydrogens is 224 g/mol. The van der Waals surface area contributed by atoms with E-state index in [1.807, 2.05) is 0 Å². The number of carbonyl (C=O) groups is 1. The predicted molar refractivity (Wildman–Crippen MR) is 45.6 cm³/mol. The number of benzene rings is 1. The van der Waals surface area contributed by atoms with E-state index in [1.54, 1.807) is 6.07 Å². The Kier molecular flexibility index (Phi) is 1.58. The minimum Gasteiger partial charge on any atom is -0.507 e. The zero-order chi connectivity index (χ0) is 8.72. The second-order valence-electron chi connectivity index (χ2n) is 2.48. The van der Waals surface area contributed by atoms with Gasteiger partial charge in [0.1, 0.15) is 11.5 Å². The zero-order valence-electron chi connectivity index (χ0n) is 6.00. The highest BCUT2D eigenvalue weighted by atomic mass is 79.9. The molecule has 62 valence electrons. The Hall–Kier alpha value is -1.03. The number of halogens is 1. The first kappa shape index (κ1) is 7.61. The molecule has 0 saturated heterocycles. The van der Waals surface area contributed by atoms with E-state index >= 15 is 0 Å². The van der Waals surface area contributed by atoms with Crippen molar-refractivity contribution in [1.82, 2.24) is 0 Å². The number of phenolic OH excluding ortho intramolecular Hbond substituents is 1. The van der Waals surface area contributed by atoms with Crippen LogP contribution in [0.3, 0.4) is 0 Å². The first-order valence-corrected chi connectivity index (χ1v) is 4.17. The Morgan fingerprint density at radius 3 is 3.00 bits per heavy atom. The lowest BCUT2D eigenvalue weighted by Gasteiger charge is -2.00. The molecule has 0 radical (unpaired) electrons. The fraction of sp³-hybridized carbons (Fsp3) is 0.125. The predicted octanol–water partition coefficient (Wildman–Crippen LogP) is 1.73. The molecule has 1 N–H and O–H groups in total. The maximum Gasteiger partial charge on any atom is 0.205 e. The third-order valence-electron chi connectivity index (χ3n) is 1.72. The Balaban J connectivity index is 2.71. The van der Waals surface area contributed by atoms with Gasteiger partial charge in [0.15, 0.2) is 6.61 Å². The molecule has 1 aromatic rings. The molecule has 0 fully saturated rings. The first-order chi connectivity index (χ1) is 5.70. The molecule has 0 spiro atoms. The van der Waals surface area contributed by atoms with Gasteiger partial charge in [-0.2, -0.15) is 0 Å². The largest absolute Gasteiger partial charge is 0.507 e. The van der Waals surface area contributed by atoms with Gasteiger partial charge in [-0.15, -0.1) is 0 Å². The molecule has 1 aliphatic heterocycles. The fourth-order valence-corrected chi connectivity index (χ4v) is 1.69. The van der Waals surface area contributed by atoms with Crippen LogP contribution in [0, 0.1) is 0 Å². The van der Waals surface area contributed by atoms with Crippen LogP contribution in [0.25, 0.3) is 0 Å². The van der Waals surface area contributed by atoms with Crippen molar-refractivity contribution in [2.45, 2.75) is 0 Å². The summed E-state index contributed by atoms with van der Waals surface area (Å²) in [7, 11) is 0. The van der Waals surface area contributed by atoms with E-state index in [-0.39, 0.29) is 18.1 Å². The summed E-state index contributed by atoms with van der Waals surface area (Å²) in [6.45, 7) is 0.0669. The van der Waals surface area contributed by atoms with Crippen molar-refractivity contribution in [2.75, 3.05) is 6.61 Å². The fourth-order valence-electron chi connectivity index (χ4n) is 1.14. The van der Waals surface area contributed by atoms with Crippen LogP contribution in [0.1, 0.15) is 10.4 Å². The minimum atomic E-state index is -0.104. The number of carbonyl (C=O) groups excluding carboxylic acids is 1. The van der Waals surface area contributed by atoms with Crippen molar-refractivity contribution in [1.29, 1.82) is 0 Å². The van der Waals surface area contributed by atoms with Gasteiger partial charge >= 0.3 is 0 Å². The lowest BCUT2D eigenvalue weighted by Crippen LogP contribution is -1.99. The lowest BCUT2D eigenvalue weighted by molar-refractivity contribution is 0.0960. The monoisotopic (exact) mass is 228 g/mol. The third-order valence-corrected chi connectivity index (χ3v) is 2.52. The van der Waals surface area contributed by atoms with Gasteiger partial charge in [-0.05, 0) is 28.1 Å². The SMILES string of the molecule is O=C1COc2ccc(O)c(Br)c21. The molecule has 0 aromatic heterocycles. The number of hydrogen-bond acceptors (Lipinski definition) is 3. The molecule has 3 nitrogen and oxygen atoms in total. The van der Waals surface area contributed by atoms with Gasteiger partial charge in [-0.25, -0.2) is 0 Å². The second-order valence-corrected chi connectivity index (χ2v) is 3.28. The molecule has 0 amide bonds. The van der Waals surface area contributed by atoms with E-state index in [0.717, 1.165) is 0 Å². The lowest BCUT2D eigenvalue weighted by atomic mass is 10.1. The molecule has 0 unspecified atom stereocenters. The van der Waals surface area contributed by atoms with Crippen molar-refractivity contribution in [3.8, 4) is 11.5 Å². The zero-order valence-corrected chi connectivity index (χ0v) is 7.59. The van der Waals surface area contributed by atoms with Crippen molar-refractivity contribution >= 4 is 21.7 Å². The molecule has 1 aromatic carbocycles. The van der Waals surface area contributed by atoms with Gasteiger partial charge in [-0.1, -0.05) is 0 Å². The highest BCUT2D eigenvalue weighted by molar-refractivity contribution is 9.10. The van der Waals surface area contributed by atoms with Crippen LogP contribution in [0.2, 0.25) is 0 Å². The summed E-state index contributed by atoms with van der Waals surface area (Å²) in [5, 5.41) is 9.25. The highest BCUT2D eigenvalue weighted by Gasteiger charge is 2.25. The van der Waals surface area contributed by atoms with Crippen molar-refractivity contribution in [2.24, 2.45) is 0 Å². The van der Waals surface area contributed by atoms with E-state index in [4.69, 9.17) is 4.74 Å². The van der Waals surface area contributed by atoms with E-state index in [1.165, 1.54) is 6.07 Å². The van der Waals surface area contributed by atoms with Crippen molar-refractivity contribution in [3.05, 3.63) is 22.2 Å². The maximum atomic E-state index is 11.2. The number of rotatable bonds is 0. The van der Waals surface area contributed by atoms with E-state index in [2.05, 4.69) is 15.9 Å². The molecule has 0 atom stereocenters. The first-order valence-electron chi connectivity index (χ1n) is 3.37. The van der Waals surface area contributed by atoms with Gasteiger partial charge in [0.25, 0.3) is 0 Å². The van der Waals surface area contributed by atoms with Crippen molar-refractivity contribution in [3.63, 3.8) is 0 Å². The summed E-state index contributed by atoms with van der Waals surface area (Å²) < 4.78 is 5.47.